The van der Waals surface area contributed by atoms with Gasteiger partial charge in [-0.1, -0.05) is 30.3 Å². The summed E-state index contributed by atoms with van der Waals surface area (Å²) < 4.78 is 26.2. The van der Waals surface area contributed by atoms with Crippen LogP contribution in [-0.4, -0.2) is 22.4 Å². The van der Waals surface area contributed by atoms with E-state index in [9.17, 15) is 8.42 Å². The fourth-order valence-electron chi connectivity index (χ4n) is 2.10. The molecule has 0 aliphatic heterocycles. The van der Waals surface area contributed by atoms with Gasteiger partial charge in [0.25, 0.3) is 0 Å². The summed E-state index contributed by atoms with van der Waals surface area (Å²) in [6.07, 6.45) is 2.97. The van der Waals surface area contributed by atoms with E-state index in [1.165, 1.54) is 16.4 Å². The molecule has 0 saturated carbocycles. The second-order valence-corrected chi connectivity index (χ2v) is 6.47. The Morgan fingerprint density at radius 2 is 1.86 bits per heavy atom. The van der Waals surface area contributed by atoms with Crippen molar-refractivity contribution >= 4 is 33.6 Å². The highest BCUT2D eigenvalue weighted by Crippen LogP contribution is 2.17. The minimum Gasteiger partial charge on any atom is -0.325 e. The van der Waals surface area contributed by atoms with Gasteiger partial charge in [-0.05, 0) is 11.6 Å². The molecule has 0 saturated heterocycles. The second kappa shape index (κ2) is 6.43. The van der Waals surface area contributed by atoms with Crippen LogP contribution in [0.5, 0.6) is 0 Å². The van der Waals surface area contributed by atoms with E-state index >= 15 is 0 Å². The molecule has 116 valence electrons. The van der Waals surface area contributed by atoms with Gasteiger partial charge < -0.3 is 5.73 Å². The molecular formula is C14H15ClN4O2S. The van der Waals surface area contributed by atoms with Crippen molar-refractivity contribution in [1.82, 2.24) is 13.9 Å². The number of halogens is 1. The Labute approximate surface area is 134 Å². The van der Waals surface area contributed by atoms with Crippen LogP contribution in [0.4, 0.5) is 0 Å². The van der Waals surface area contributed by atoms with Crippen LogP contribution in [-0.2, 0) is 22.3 Å². The summed E-state index contributed by atoms with van der Waals surface area (Å²) in [5.74, 6) is -0.0854. The predicted octanol–water partition coefficient (Wildman–Crippen LogP) is 1.69. The number of hydrogen-bond donors (Lipinski definition) is 1. The van der Waals surface area contributed by atoms with E-state index in [-0.39, 0.29) is 24.7 Å². The van der Waals surface area contributed by atoms with Gasteiger partial charge in [0.15, 0.2) is 5.65 Å². The lowest BCUT2D eigenvalue weighted by Gasteiger charge is -2.07. The molecular weight excluding hydrogens is 324 g/mol. The largest absolute Gasteiger partial charge is 0.325 e. The Morgan fingerprint density at radius 1 is 1.14 bits per heavy atom. The summed E-state index contributed by atoms with van der Waals surface area (Å²) in [5.41, 5.74) is 7.71. The number of aromatic nitrogens is 3. The molecule has 0 amide bonds. The first-order valence-electron chi connectivity index (χ1n) is 6.40. The summed E-state index contributed by atoms with van der Waals surface area (Å²) in [5, 5.41) is 0. The van der Waals surface area contributed by atoms with Crippen molar-refractivity contribution in [1.29, 1.82) is 0 Å². The molecule has 0 unspecified atom stereocenters. The van der Waals surface area contributed by atoms with Gasteiger partial charge in [-0.25, -0.2) is 22.4 Å². The van der Waals surface area contributed by atoms with Crippen molar-refractivity contribution in [2.45, 2.75) is 12.3 Å². The monoisotopic (exact) mass is 338 g/mol. The third kappa shape index (κ3) is 3.11. The fraction of sp³-hybridized carbons (Fsp3) is 0.143. The molecule has 6 nitrogen and oxygen atoms in total. The minimum absolute atomic E-state index is 0. The molecule has 2 aromatic heterocycles. The Balaban J connectivity index is 0.00000176. The van der Waals surface area contributed by atoms with Crippen molar-refractivity contribution in [2.75, 3.05) is 0 Å². The molecule has 0 bridgehead atoms. The van der Waals surface area contributed by atoms with E-state index in [2.05, 4.69) is 9.97 Å². The second-order valence-electron chi connectivity index (χ2n) is 4.63. The first kappa shape index (κ1) is 16.4. The zero-order valence-corrected chi connectivity index (χ0v) is 13.2. The normalized spacial score (nSPS) is 11.3. The number of benzene rings is 1. The molecule has 3 rings (SSSR count). The number of hydrogen-bond acceptors (Lipinski definition) is 5. The third-order valence-electron chi connectivity index (χ3n) is 3.11. The van der Waals surface area contributed by atoms with E-state index in [1.54, 1.807) is 18.2 Å². The molecule has 0 fully saturated rings. The molecule has 0 aliphatic carbocycles. The van der Waals surface area contributed by atoms with Gasteiger partial charge in [-0.15, -0.1) is 12.4 Å². The summed E-state index contributed by atoms with van der Waals surface area (Å²) >= 11 is 0. The smallest absolute Gasteiger partial charge is 0.244 e. The zero-order valence-electron chi connectivity index (χ0n) is 11.6. The van der Waals surface area contributed by atoms with Crippen LogP contribution in [0.15, 0.2) is 48.8 Å². The maximum atomic E-state index is 12.5. The van der Waals surface area contributed by atoms with Crippen LogP contribution in [0.2, 0.25) is 0 Å². The predicted molar refractivity (Wildman–Crippen MR) is 87.1 cm³/mol. The molecule has 22 heavy (non-hydrogen) atoms. The number of nitrogens with two attached hydrogens (primary N) is 1. The average molecular weight is 339 g/mol. The molecule has 2 heterocycles. The number of nitrogens with zero attached hydrogens (tertiary/aromatic N) is 3. The van der Waals surface area contributed by atoms with Gasteiger partial charge in [0.1, 0.15) is 5.52 Å². The summed E-state index contributed by atoms with van der Waals surface area (Å²) in [4.78, 5) is 8.42. The quantitative estimate of drug-likeness (QED) is 0.781. The van der Waals surface area contributed by atoms with Crippen LogP contribution in [0, 0.1) is 0 Å². The van der Waals surface area contributed by atoms with Crippen molar-refractivity contribution < 1.29 is 8.42 Å². The molecule has 1 aromatic carbocycles. The molecule has 0 spiro atoms. The van der Waals surface area contributed by atoms with E-state index in [0.717, 1.165) is 5.56 Å². The molecule has 0 aliphatic rings. The van der Waals surface area contributed by atoms with E-state index in [0.29, 0.717) is 16.9 Å². The van der Waals surface area contributed by atoms with E-state index in [1.807, 2.05) is 18.2 Å². The third-order valence-corrected chi connectivity index (χ3v) is 4.70. The van der Waals surface area contributed by atoms with Crippen molar-refractivity contribution in [3.05, 3.63) is 60.0 Å². The van der Waals surface area contributed by atoms with Crippen LogP contribution in [0.25, 0.3) is 11.2 Å². The lowest BCUT2D eigenvalue weighted by atomic mass is 10.2. The van der Waals surface area contributed by atoms with Crippen molar-refractivity contribution in [3.8, 4) is 0 Å². The first-order chi connectivity index (χ1) is 10.1. The topological polar surface area (TPSA) is 90.9 Å². The van der Waals surface area contributed by atoms with Crippen LogP contribution >= 0.6 is 12.4 Å². The maximum absolute atomic E-state index is 12.5. The fourth-order valence-corrected chi connectivity index (χ4v) is 3.51. The Bertz CT molecular complexity index is 878. The zero-order chi connectivity index (χ0) is 14.9. The summed E-state index contributed by atoms with van der Waals surface area (Å²) in [6.45, 7) is 0.269. The molecule has 3 aromatic rings. The van der Waals surface area contributed by atoms with E-state index in [4.69, 9.17) is 5.73 Å². The maximum Gasteiger partial charge on any atom is 0.244 e. The first-order valence-corrected chi connectivity index (χ1v) is 8.01. The van der Waals surface area contributed by atoms with Gasteiger partial charge in [0, 0.05) is 12.7 Å². The van der Waals surface area contributed by atoms with Crippen LogP contribution in [0.1, 0.15) is 11.3 Å². The van der Waals surface area contributed by atoms with Gasteiger partial charge in [-0.2, -0.15) is 0 Å². The molecule has 0 radical (unpaired) electrons. The average Bonchev–Trinajstić information content (AvgIpc) is 2.91. The SMILES string of the molecule is Cl.NCc1cnc2c(ccn2S(=O)(=O)Cc2ccccc2)n1. The minimum atomic E-state index is -3.53. The highest BCUT2D eigenvalue weighted by molar-refractivity contribution is 7.89. The lowest BCUT2D eigenvalue weighted by molar-refractivity contribution is 0.588. The lowest BCUT2D eigenvalue weighted by Crippen LogP contribution is -2.14. The van der Waals surface area contributed by atoms with Gasteiger partial charge in [0.2, 0.25) is 10.0 Å². The van der Waals surface area contributed by atoms with Gasteiger partial charge in [-0.3, -0.25) is 0 Å². The molecule has 0 atom stereocenters. The van der Waals surface area contributed by atoms with Crippen molar-refractivity contribution in [2.24, 2.45) is 5.73 Å². The standard InChI is InChI=1S/C14H14N4O2S.ClH/c15-8-12-9-16-14-13(17-12)6-7-18(14)21(19,20)10-11-4-2-1-3-5-11;/h1-7,9H,8,10,15H2;1H. The van der Waals surface area contributed by atoms with Gasteiger partial charge in [0.05, 0.1) is 17.6 Å². The Morgan fingerprint density at radius 3 is 2.55 bits per heavy atom. The number of rotatable bonds is 4. The Hall–Kier alpha value is -1.96. The Kier molecular flexibility index (Phi) is 4.80. The summed E-state index contributed by atoms with van der Waals surface area (Å²) in [7, 11) is -3.53. The highest BCUT2D eigenvalue weighted by Gasteiger charge is 2.18. The van der Waals surface area contributed by atoms with Crippen molar-refractivity contribution in [3.63, 3.8) is 0 Å². The van der Waals surface area contributed by atoms with Crippen LogP contribution < -0.4 is 5.73 Å². The molecule has 2 N–H and O–H groups in total. The van der Waals surface area contributed by atoms with E-state index < -0.39 is 10.0 Å². The van der Waals surface area contributed by atoms with Gasteiger partial charge >= 0.3 is 0 Å². The summed E-state index contributed by atoms with van der Waals surface area (Å²) in [6, 6.07) is 10.7. The van der Waals surface area contributed by atoms with Crippen LogP contribution in [0.3, 0.4) is 0 Å². The number of fused-ring (bicyclic) bond motifs is 1. The highest BCUT2D eigenvalue weighted by atomic mass is 35.5. The molecule has 8 heteroatoms.